The lowest BCUT2D eigenvalue weighted by atomic mass is 10.1. The summed E-state index contributed by atoms with van der Waals surface area (Å²) >= 11 is 0. The number of piperazine rings is 1. The van der Waals surface area contributed by atoms with Gasteiger partial charge in [0.2, 0.25) is 5.91 Å². The van der Waals surface area contributed by atoms with Crippen LogP contribution in [0.3, 0.4) is 0 Å². The number of primary amides is 1. The van der Waals surface area contributed by atoms with E-state index in [9.17, 15) is 22.8 Å². The van der Waals surface area contributed by atoms with E-state index in [1.807, 2.05) is 16.7 Å². The number of alkyl halides is 3. The summed E-state index contributed by atoms with van der Waals surface area (Å²) in [7, 11) is 0. The molecule has 0 aliphatic carbocycles. The first-order valence-electron chi connectivity index (χ1n) is 7.80. The lowest BCUT2D eigenvalue weighted by molar-refractivity contribution is -0.274. The van der Waals surface area contributed by atoms with Crippen molar-refractivity contribution in [3.8, 4) is 5.75 Å². The molecule has 1 amide bonds. The highest BCUT2D eigenvalue weighted by atomic mass is 19.4. The molecule has 1 aromatic carbocycles. The zero-order valence-electron chi connectivity index (χ0n) is 13.7. The highest BCUT2D eigenvalue weighted by Gasteiger charge is 2.33. The Hall–Kier alpha value is -2.29. The molecule has 6 nitrogen and oxygen atoms in total. The van der Waals surface area contributed by atoms with Crippen LogP contribution in [0.2, 0.25) is 0 Å². The number of anilines is 1. The van der Waals surface area contributed by atoms with E-state index < -0.39 is 18.3 Å². The molecule has 1 saturated heterocycles. The number of carbonyl (C=O) groups is 2. The van der Waals surface area contributed by atoms with Crippen LogP contribution in [-0.2, 0) is 9.59 Å². The molecule has 1 fully saturated rings. The summed E-state index contributed by atoms with van der Waals surface area (Å²) in [5.41, 5.74) is 6.13. The highest BCUT2D eigenvalue weighted by molar-refractivity contribution is 5.82. The zero-order chi connectivity index (χ0) is 18.6. The van der Waals surface area contributed by atoms with Crippen molar-refractivity contribution in [1.29, 1.82) is 0 Å². The number of benzene rings is 1. The number of hydrogen-bond acceptors (Lipinski definition) is 5. The van der Waals surface area contributed by atoms with Gasteiger partial charge in [0.1, 0.15) is 12.0 Å². The molecule has 1 aliphatic heterocycles. The molecular weight excluding hydrogens is 339 g/mol. The number of halogens is 3. The summed E-state index contributed by atoms with van der Waals surface area (Å²) in [5, 5.41) is 0. The standard InChI is InChI=1S/C16H20F3N3O3/c1-11-10-21(7-8-22(11)14(6-9-23)15(20)24)12-2-4-13(5-3-12)25-16(17,18)19/h2-5,9,11,14H,6-8,10H2,1H3,(H2,20,24)/t11-,14?/m1/s1. The molecule has 0 radical (unpaired) electrons. The Labute approximate surface area is 143 Å². The van der Waals surface area contributed by atoms with Gasteiger partial charge in [-0.05, 0) is 31.2 Å². The van der Waals surface area contributed by atoms with E-state index in [4.69, 9.17) is 5.73 Å². The van der Waals surface area contributed by atoms with E-state index >= 15 is 0 Å². The van der Waals surface area contributed by atoms with Crippen molar-refractivity contribution in [3.05, 3.63) is 24.3 Å². The van der Waals surface area contributed by atoms with Gasteiger partial charge >= 0.3 is 6.36 Å². The Balaban J connectivity index is 2.02. The van der Waals surface area contributed by atoms with Crippen LogP contribution in [0.5, 0.6) is 5.75 Å². The SMILES string of the molecule is C[C@@H]1CN(c2ccc(OC(F)(F)F)cc2)CCN1C(CC=O)C(N)=O. The van der Waals surface area contributed by atoms with Crippen LogP contribution in [0.15, 0.2) is 24.3 Å². The molecule has 138 valence electrons. The topological polar surface area (TPSA) is 75.9 Å². The van der Waals surface area contributed by atoms with Crippen LogP contribution in [0, 0.1) is 0 Å². The molecule has 1 aliphatic rings. The van der Waals surface area contributed by atoms with E-state index in [2.05, 4.69) is 4.74 Å². The first-order chi connectivity index (χ1) is 11.7. The summed E-state index contributed by atoms with van der Waals surface area (Å²) in [6.45, 7) is 3.55. The van der Waals surface area contributed by atoms with Crippen LogP contribution >= 0.6 is 0 Å². The fraction of sp³-hybridized carbons (Fsp3) is 0.500. The summed E-state index contributed by atoms with van der Waals surface area (Å²) < 4.78 is 40.4. The van der Waals surface area contributed by atoms with Crippen LogP contribution in [-0.4, -0.2) is 55.2 Å². The van der Waals surface area contributed by atoms with Gasteiger partial charge in [-0.25, -0.2) is 0 Å². The summed E-state index contributed by atoms with van der Waals surface area (Å²) in [5.74, 6) is -0.816. The normalized spacial score (nSPS) is 20.2. The van der Waals surface area contributed by atoms with Crippen molar-refractivity contribution >= 4 is 17.9 Å². The average molecular weight is 359 g/mol. The number of hydrogen-bond donors (Lipinski definition) is 1. The summed E-state index contributed by atoms with van der Waals surface area (Å²) in [6.07, 6.45) is -4.00. The molecule has 1 aromatic rings. The minimum absolute atomic E-state index is 0.0442. The number of rotatable bonds is 6. The summed E-state index contributed by atoms with van der Waals surface area (Å²) in [6, 6.07) is 4.95. The quantitative estimate of drug-likeness (QED) is 0.780. The fourth-order valence-corrected chi connectivity index (χ4v) is 3.03. The first kappa shape index (κ1) is 19.0. The van der Waals surface area contributed by atoms with Crippen molar-refractivity contribution < 1.29 is 27.5 Å². The van der Waals surface area contributed by atoms with Gasteiger partial charge in [0.05, 0.1) is 6.04 Å². The Morgan fingerprint density at radius 1 is 1.36 bits per heavy atom. The van der Waals surface area contributed by atoms with Crippen molar-refractivity contribution in [2.45, 2.75) is 31.8 Å². The van der Waals surface area contributed by atoms with Gasteiger partial charge in [0.25, 0.3) is 0 Å². The fourth-order valence-electron chi connectivity index (χ4n) is 3.03. The lowest BCUT2D eigenvalue weighted by Gasteiger charge is -2.43. The van der Waals surface area contributed by atoms with Gasteiger partial charge in [0.15, 0.2) is 0 Å². The third-order valence-electron chi connectivity index (χ3n) is 4.16. The van der Waals surface area contributed by atoms with Crippen molar-refractivity contribution in [1.82, 2.24) is 4.90 Å². The van der Waals surface area contributed by atoms with Crippen molar-refractivity contribution in [2.24, 2.45) is 5.73 Å². The average Bonchev–Trinajstić information content (AvgIpc) is 2.52. The molecule has 0 spiro atoms. The number of nitrogens with two attached hydrogens (primary N) is 1. The molecule has 1 heterocycles. The highest BCUT2D eigenvalue weighted by Crippen LogP contribution is 2.27. The largest absolute Gasteiger partial charge is 0.573 e. The van der Waals surface area contributed by atoms with Gasteiger partial charge in [0, 0.05) is 37.8 Å². The van der Waals surface area contributed by atoms with Crippen LogP contribution in [0.4, 0.5) is 18.9 Å². The molecule has 25 heavy (non-hydrogen) atoms. The Morgan fingerprint density at radius 3 is 2.48 bits per heavy atom. The second-order valence-electron chi connectivity index (χ2n) is 5.90. The Morgan fingerprint density at radius 2 is 2.00 bits per heavy atom. The Kier molecular flexibility index (Phi) is 5.89. The number of carbonyl (C=O) groups excluding carboxylic acids is 2. The number of aldehydes is 1. The molecule has 2 N–H and O–H groups in total. The maximum absolute atomic E-state index is 12.2. The third-order valence-corrected chi connectivity index (χ3v) is 4.16. The second-order valence-corrected chi connectivity index (χ2v) is 5.90. The summed E-state index contributed by atoms with van der Waals surface area (Å²) in [4.78, 5) is 26.2. The van der Waals surface area contributed by atoms with Crippen LogP contribution < -0.4 is 15.4 Å². The third kappa shape index (κ3) is 5.09. The first-order valence-corrected chi connectivity index (χ1v) is 7.80. The molecule has 2 atom stereocenters. The van der Waals surface area contributed by atoms with E-state index in [1.54, 1.807) is 12.1 Å². The molecule has 0 bridgehead atoms. The van der Waals surface area contributed by atoms with E-state index in [0.29, 0.717) is 25.9 Å². The van der Waals surface area contributed by atoms with E-state index in [0.717, 1.165) is 5.69 Å². The molecule has 2 rings (SSSR count). The van der Waals surface area contributed by atoms with Crippen molar-refractivity contribution in [2.75, 3.05) is 24.5 Å². The number of nitrogens with zero attached hydrogens (tertiary/aromatic N) is 2. The lowest BCUT2D eigenvalue weighted by Crippen LogP contribution is -2.58. The predicted octanol–water partition coefficient (Wildman–Crippen LogP) is 1.54. The minimum Gasteiger partial charge on any atom is -0.406 e. The molecule has 0 saturated carbocycles. The van der Waals surface area contributed by atoms with Gasteiger partial charge in [-0.3, -0.25) is 9.69 Å². The van der Waals surface area contributed by atoms with Crippen LogP contribution in [0.1, 0.15) is 13.3 Å². The second kappa shape index (κ2) is 7.73. The maximum Gasteiger partial charge on any atom is 0.573 e. The van der Waals surface area contributed by atoms with Gasteiger partial charge in [-0.1, -0.05) is 0 Å². The minimum atomic E-state index is -4.72. The van der Waals surface area contributed by atoms with E-state index in [1.165, 1.54) is 12.1 Å². The number of ether oxygens (including phenoxy) is 1. The number of amides is 1. The van der Waals surface area contributed by atoms with Gasteiger partial charge < -0.3 is 20.2 Å². The molecule has 1 unspecified atom stereocenters. The Bertz CT molecular complexity index is 607. The monoisotopic (exact) mass is 359 g/mol. The van der Waals surface area contributed by atoms with Crippen molar-refractivity contribution in [3.63, 3.8) is 0 Å². The molecule has 9 heteroatoms. The predicted molar refractivity (Wildman–Crippen MR) is 85.2 cm³/mol. The zero-order valence-corrected chi connectivity index (χ0v) is 13.7. The maximum atomic E-state index is 12.2. The molecular formula is C16H20F3N3O3. The van der Waals surface area contributed by atoms with Gasteiger partial charge in [-0.2, -0.15) is 0 Å². The van der Waals surface area contributed by atoms with E-state index in [-0.39, 0.29) is 18.2 Å². The van der Waals surface area contributed by atoms with Crippen LogP contribution in [0.25, 0.3) is 0 Å². The molecule has 0 aromatic heterocycles. The smallest absolute Gasteiger partial charge is 0.406 e. The van der Waals surface area contributed by atoms with Gasteiger partial charge in [-0.15, -0.1) is 13.2 Å².